The standard InChI is InChI=1S/C15H12BrClN4O3/c1-2-5-24-15-12(16)6-10(7-13(15)17)8-19-20-14-4-3-11(9-18-14)21(22)23/h2-4,6-9H,1,5H2,(H,18,20)/b19-8+. The molecule has 0 aliphatic carbocycles. The van der Waals surface area contributed by atoms with Gasteiger partial charge in [0.05, 0.1) is 20.6 Å². The van der Waals surface area contributed by atoms with Crippen LogP contribution in [0.4, 0.5) is 11.5 Å². The Balaban J connectivity index is 2.06. The molecule has 0 radical (unpaired) electrons. The highest BCUT2D eigenvalue weighted by atomic mass is 79.9. The molecule has 1 aromatic heterocycles. The van der Waals surface area contributed by atoms with E-state index in [2.05, 4.69) is 38.0 Å². The van der Waals surface area contributed by atoms with E-state index in [9.17, 15) is 10.1 Å². The quantitative estimate of drug-likeness (QED) is 0.315. The van der Waals surface area contributed by atoms with Crippen molar-refractivity contribution in [2.24, 2.45) is 5.10 Å². The van der Waals surface area contributed by atoms with Crippen molar-refractivity contribution < 1.29 is 9.66 Å². The summed E-state index contributed by atoms with van der Waals surface area (Å²) < 4.78 is 6.14. The lowest BCUT2D eigenvalue weighted by molar-refractivity contribution is -0.385. The molecule has 0 saturated carbocycles. The van der Waals surface area contributed by atoms with Crippen molar-refractivity contribution in [2.75, 3.05) is 12.0 Å². The molecule has 0 amide bonds. The van der Waals surface area contributed by atoms with Crippen molar-refractivity contribution in [3.8, 4) is 5.75 Å². The lowest BCUT2D eigenvalue weighted by atomic mass is 10.2. The molecular weight excluding hydrogens is 400 g/mol. The number of pyridine rings is 1. The van der Waals surface area contributed by atoms with Gasteiger partial charge >= 0.3 is 0 Å². The van der Waals surface area contributed by atoms with Gasteiger partial charge in [-0.15, -0.1) is 0 Å². The molecule has 1 aromatic carbocycles. The first kappa shape index (κ1) is 17.9. The first-order chi connectivity index (χ1) is 11.5. The maximum atomic E-state index is 10.6. The molecule has 7 nitrogen and oxygen atoms in total. The van der Waals surface area contributed by atoms with Crippen LogP contribution >= 0.6 is 27.5 Å². The third kappa shape index (κ3) is 4.77. The Morgan fingerprint density at radius 3 is 2.88 bits per heavy atom. The SMILES string of the molecule is C=CCOc1c(Cl)cc(/C=N/Nc2ccc([N+](=O)[O-])cn2)cc1Br. The molecule has 0 spiro atoms. The van der Waals surface area contributed by atoms with E-state index in [1.165, 1.54) is 18.3 Å². The third-order valence-electron chi connectivity index (χ3n) is 2.72. The number of ether oxygens (including phenoxy) is 1. The Morgan fingerprint density at radius 1 is 1.50 bits per heavy atom. The Kier molecular flexibility index (Phi) is 6.28. The molecule has 9 heteroatoms. The summed E-state index contributed by atoms with van der Waals surface area (Å²) >= 11 is 9.55. The highest BCUT2D eigenvalue weighted by Crippen LogP contribution is 2.34. The molecule has 0 atom stereocenters. The van der Waals surface area contributed by atoms with E-state index in [-0.39, 0.29) is 5.69 Å². The second kappa shape index (κ2) is 8.42. The van der Waals surface area contributed by atoms with Gasteiger partial charge in [0.15, 0.2) is 5.75 Å². The number of hydrogen-bond acceptors (Lipinski definition) is 6. The molecule has 0 saturated heterocycles. The number of hydrogen-bond donors (Lipinski definition) is 1. The van der Waals surface area contributed by atoms with E-state index < -0.39 is 4.92 Å². The van der Waals surface area contributed by atoms with Crippen LogP contribution in [-0.2, 0) is 0 Å². The summed E-state index contributed by atoms with van der Waals surface area (Å²) in [4.78, 5) is 13.9. The Hall–Kier alpha value is -2.45. The van der Waals surface area contributed by atoms with Gasteiger partial charge in [0, 0.05) is 6.07 Å². The van der Waals surface area contributed by atoms with E-state index in [0.29, 0.717) is 27.7 Å². The van der Waals surface area contributed by atoms with E-state index in [1.807, 2.05) is 0 Å². The number of nitro groups is 1. The molecule has 124 valence electrons. The fraction of sp³-hybridized carbons (Fsp3) is 0.0667. The third-order valence-corrected chi connectivity index (χ3v) is 3.59. The summed E-state index contributed by atoms with van der Waals surface area (Å²) in [5, 5.41) is 15.0. The normalized spacial score (nSPS) is 10.6. The zero-order valence-corrected chi connectivity index (χ0v) is 14.6. The highest BCUT2D eigenvalue weighted by molar-refractivity contribution is 9.10. The largest absolute Gasteiger partial charge is 0.487 e. The fourth-order valence-electron chi connectivity index (χ4n) is 1.67. The number of nitrogens with one attached hydrogen (secondary N) is 1. The van der Waals surface area contributed by atoms with Crippen molar-refractivity contribution in [3.63, 3.8) is 0 Å². The summed E-state index contributed by atoms with van der Waals surface area (Å²) in [6.07, 6.45) is 4.31. The highest BCUT2D eigenvalue weighted by Gasteiger charge is 2.08. The molecular formula is C15H12BrClN4O3. The first-order valence-electron chi connectivity index (χ1n) is 6.63. The minimum absolute atomic E-state index is 0.0876. The lowest BCUT2D eigenvalue weighted by Gasteiger charge is -2.09. The molecule has 2 aromatic rings. The van der Waals surface area contributed by atoms with Gasteiger partial charge in [-0.1, -0.05) is 24.3 Å². The molecule has 0 fully saturated rings. The first-order valence-corrected chi connectivity index (χ1v) is 7.80. The topological polar surface area (TPSA) is 89.6 Å². The minimum Gasteiger partial charge on any atom is -0.487 e. The second-order valence-corrected chi connectivity index (χ2v) is 5.70. The van der Waals surface area contributed by atoms with Gasteiger partial charge in [0.1, 0.15) is 18.6 Å². The number of benzene rings is 1. The van der Waals surface area contributed by atoms with Gasteiger partial charge < -0.3 is 4.74 Å². The molecule has 0 bridgehead atoms. The van der Waals surface area contributed by atoms with Crippen LogP contribution in [0.25, 0.3) is 0 Å². The average Bonchev–Trinajstić information content (AvgIpc) is 2.54. The Morgan fingerprint density at radius 2 is 2.29 bits per heavy atom. The van der Waals surface area contributed by atoms with Crippen molar-refractivity contribution in [2.45, 2.75) is 0 Å². The van der Waals surface area contributed by atoms with E-state index >= 15 is 0 Å². The van der Waals surface area contributed by atoms with Crippen LogP contribution in [-0.4, -0.2) is 22.7 Å². The van der Waals surface area contributed by atoms with Crippen LogP contribution in [0.3, 0.4) is 0 Å². The van der Waals surface area contributed by atoms with Crippen molar-refractivity contribution in [1.82, 2.24) is 4.98 Å². The molecule has 2 rings (SSSR count). The number of rotatable bonds is 7. The predicted molar refractivity (Wildman–Crippen MR) is 97.0 cm³/mol. The summed E-state index contributed by atoms with van der Waals surface area (Å²) in [5.74, 6) is 0.909. The van der Waals surface area contributed by atoms with Gasteiger partial charge in [-0.25, -0.2) is 4.98 Å². The van der Waals surface area contributed by atoms with Crippen LogP contribution in [0.15, 0.2) is 52.7 Å². The fourth-order valence-corrected chi connectivity index (χ4v) is 2.66. The Bertz CT molecular complexity index is 758. The van der Waals surface area contributed by atoms with E-state index in [1.54, 1.807) is 18.2 Å². The van der Waals surface area contributed by atoms with Crippen LogP contribution in [0.1, 0.15) is 5.56 Å². The van der Waals surface area contributed by atoms with Crippen LogP contribution < -0.4 is 10.2 Å². The van der Waals surface area contributed by atoms with Crippen LogP contribution in [0, 0.1) is 10.1 Å². The number of anilines is 1. The number of halogens is 2. The van der Waals surface area contributed by atoms with Gasteiger partial charge in [-0.05, 0) is 39.7 Å². The molecule has 0 unspecified atom stereocenters. The molecule has 0 aliphatic heterocycles. The van der Waals surface area contributed by atoms with Crippen molar-refractivity contribution in [1.29, 1.82) is 0 Å². The predicted octanol–water partition coefficient (Wildman–Crippen LogP) is 4.42. The van der Waals surface area contributed by atoms with Gasteiger partial charge in [0.25, 0.3) is 5.69 Å². The summed E-state index contributed by atoms with van der Waals surface area (Å²) in [6, 6.07) is 6.28. The van der Waals surface area contributed by atoms with Gasteiger partial charge in [-0.2, -0.15) is 5.10 Å². The van der Waals surface area contributed by atoms with Gasteiger partial charge in [-0.3, -0.25) is 15.5 Å². The lowest BCUT2D eigenvalue weighted by Crippen LogP contribution is -1.97. The molecule has 24 heavy (non-hydrogen) atoms. The summed E-state index contributed by atoms with van der Waals surface area (Å²) in [6.45, 7) is 3.93. The molecule has 1 N–H and O–H groups in total. The number of aromatic nitrogens is 1. The van der Waals surface area contributed by atoms with E-state index in [4.69, 9.17) is 16.3 Å². The zero-order valence-electron chi connectivity index (χ0n) is 12.3. The number of hydrazone groups is 1. The minimum atomic E-state index is -0.518. The molecule has 0 aliphatic rings. The Labute approximate surface area is 151 Å². The van der Waals surface area contributed by atoms with Crippen molar-refractivity contribution >= 4 is 45.3 Å². The summed E-state index contributed by atoms with van der Waals surface area (Å²) in [7, 11) is 0. The maximum absolute atomic E-state index is 10.6. The van der Waals surface area contributed by atoms with E-state index in [0.717, 1.165) is 11.8 Å². The smallest absolute Gasteiger partial charge is 0.287 e. The maximum Gasteiger partial charge on any atom is 0.287 e. The van der Waals surface area contributed by atoms with Crippen molar-refractivity contribution in [3.05, 3.63) is 68.3 Å². The van der Waals surface area contributed by atoms with Crippen LogP contribution in [0.5, 0.6) is 5.75 Å². The zero-order chi connectivity index (χ0) is 17.5. The number of nitrogens with zero attached hydrogens (tertiary/aromatic N) is 3. The second-order valence-electron chi connectivity index (χ2n) is 4.44. The monoisotopic (exact) mass is 410 g/mol. The average molecular weight is 412 g/mol. The summed E-state index contributed by atoms with van der Waals surface area (Å²) in [5.41, 5.74) is 3.32. The van der Waals surface area contributed by atoms with Gasteiger partial charge in [0.2, 0.25) is 0 Å². The molecule has 1 heterocycles. The van der Waals surface area contributed by atoms with Crippen LogP contribution in [0.2, 0.25) is 5.02 Å².